The van der Waals surface area contributed by atoms with Crippen molar-refractivity contribution in [1.82, 2.24) is 15.0 Å². The van der Waals surface area contributed by atoms with Crippen LogP contribution in [0.4, 0.5) is 17.3 Å². The first-order valence-electron chi connectivity index (χ1n) is 13.8. The summed E-state index contributed by atoms with van der Waals surface area (Å²) in [6.45, 7) is 4.58. The molecule has 0 saturated carbocycles. The molecule has 41 heavy (non-hydrogen) atoms. The van der Waals surface area contributed by atoms with Crippen LogP contribution in [0.15, 0.2) is 121 Å². The van der Waals surface area contributed by atoms with Gasteiger partial charge >= 0.3 is 0 Å². The molecule has 2 heterocycles. The number of anilines is 3. The minimum absolute atomic E-state index is 0.160. The highest BCUT2D eigenvalue weighted by molar-refractivity contribution is 5.91. The first-order chi connectivity index (χ1) is 20.1. The van der Waals surface area contributed by atoms with E-state index in [2.05, 4.69) is 61.2 Å². The first-order valence-corrected chi connectivity index (χ1v) is 13.8. The molecular weight excluding hydrogens is 504 g/mol. The summed E-state index contributed by atoms with van der Waals surface area (Å²) in [7, 11) is 0. The van der Waals surface area contributed by atoms with E-state index in [9.17, 15) is 0 Å². The van der Waals surface area contributed by atoms with Crippen molar-refractivity contribution in [2.24, 2.45) is 0 Å². The van der Waals surface area contributed by atoms with Crippen LogP contribution in [0.5, 0.6) is 11.5 Å². The molecule has 1 aliphatic heterocycles. The average molecular weight is 531 g/mol. The molecule has 2 aliphatic rings. The zero-order chi connectivity index (χ0) is 27.6. The predicted octanol–water partition coefficient (Wildman–Crippen LogP) is 9.09. The largest absolute Gasteiger partial charge is 0.453 e. The van der Waals surface area contributed by atoms with Gasteiger partial charge in [0.2, 0.25) is 5.95 Å². The maximum Gasteiger partial charge on any atom is 0.239 e. The summed E-state index contributed by atoms with van der Waals surface area (Å²) >= 11 is 0. The lowest BCUT2D eigenvalue weighted by Gasteiger charge is -2.33. The van der Waals surface area contributed by atoms with E-state index in [1.54, 1.807) is 0 Å². The molecule has 8 rings (SSSR count). The van der Waals surface area contributed by atoms with E-state index in [4.69, 9.17) is 19.7 Å². The van der Waals surface area contributed by atoms with Gasteiger partial charge < -0.3 is 4.74 Å². The molecule has 5 nitrogen and oxygen atoms in total. The number of ether oxygens (including phenoxy) is 1. The van der Waals surface area contributed by atoms with Gasteiger partial charge in [-0.2, -0.15) is 9.97 Å². The molecule has 6 aromatic rings. The third-order valence-corrected chi connectivity index (χ3v) is 8.12. The Hall–Kier alpha value is -5.29. The molecule has 0 bridgehead atoms. The van der Waals surface area contributed by atoms with Crippen LogP contribution in [0.2, 0.25) is 0 Å². The molecule has 5 aromatic carbocycles. The molecule has 0 atom stereocenters. The van der Waals surface area contributed by atoms with E-state index in [1.165, 1.54) is 22.3 Å². The van der Waals surface area contributed by atoms with Gasteiger partial charge in [0.25, 0.3) is 0 Å². The summed E-state index contributed by atoms with van der Waals surface area (Å²) in [6, 6.07) is 41.3. The van der Waals surface area contributed by atoms with E-state index in [0.29, 0.717) is 17.6 Å². The fourth-order valence-corrected chi connectivity index (χ4v) is 6.06. The van der Waals surface area contributed by atoms with Gasteiger partial charge in [0.1, 0.15) is 0 Å². The molecule has 5 heteroatoms. The Balaban J connectivity index is 1.39. The number of hydrogen-bond donors (Lipinski definition) is 0. The molecular formula is C36H26N4O. The Labute approximate surface area is 238 Å². The second-order valence-corrected chi connectivity index (χ2v) is 11.0. The second-order valence-electron chi connectivity index (χ2n) is 11.0. The average Bonchev–Trinajstić information content (AvgIpc) is 3.25. The Morgan fingerprint density at radius 1 is 0.537 bits per heavy atom. The number of para-hydroxylation sites is 2. The zero-order valence-corrected chi connectivity index (χ0v) is 22.7. The van der Waals surface area contributed by atoms with Crippen LogP contribution in [0.25, 0.3) is 33.9 Å². The summed E-state index contributed by atoms with van der Waals surface area (Å²) in [5.41, 5.74) is 8.53. The maximum absolute atomic E-state index is 6.55. The summed E-state index contributed by atoms with van der Waals surface area (Å²) < 4.78 is 6.55. The molecule has 0 amide bonds. The van der Waals surface area contributed by atoms with Gasteiger partial charge in [-0.05, 0) is 46.5 Å². The van der Waals surface area contributed by atoms with Gasteiger partial charge in [0.05, 0.1) is 11.4 Å². The van der Waals surface area contributed by atoms with Crippen molar-refractivity contribution in [1.29, 1.82) is 0 Å². The van der Waals surface area contributed by atoms with E-state index >= 15 is 0 Å². The topological polar surface area (TPSA) is 51.1 Å². The summed E-state index contributed by atoms with van der Waals surface area (Å²) in [4.78, 5) is 17.2. The second kappa shape index (κ2) is 8.86. The minimum atomic E-state index is -0.160. The Morgan fingerprint density at radius 2 is 1.15 bits per heavy atom. The van der Waals surface area contributed by atoms with Crippen molar-refractivity contribution in [3.05, 3.63) is 132 Å². The lowest BCUT2D eigenvalue weighted by Crippen LogP contribution is -2.21. The van der Waals surface area contributed by atoms with Crippen LogP contribution in [-0.4, -0.2) is 15.0 Å². The third-order valence-electron chi connectivity index (χ3n) is 8.12. The summed E-state index contributed by atoms with van der Waals surface area (Å²) in [6.07, 6.45) is 0. The van der Waals surface area contributed by atoms with Crippen LogP contribution < -0.4 is 9.64 Å². The van der Waals surface area contributed by atoms with Gasteiger partial charge in [-0.25, -0.2) is 4.98 Å². The van der Waals surface area contributed by atoms with Crippen LogP contribution in [0.3, 0.4) is 0 Å². The van der Waals surface area contributed by atoms with E-state index in [1.807, 2.05) is 78.9 Å². The van der Waals surface area contributed by atoms with E-state index in [-0.39, 0.29) is 5.41 Å². The van der Waals surface area contributed by atoms with Crippen molar-refractivity contribution in [2.75, 3.05) is 4.90 Å². The Morgan fingerprint density at radius 3 is 1.85 bits per heavy atom. The SMILES string of the molecule is CC1(C)c2ccccc2-c2cc3c(cc21)N(c1nc(-c2ccccc2)nc(-c2ccccc2)n1)c1ccccc1O3. The van der Waals surface area contributed by atoms with Crippen molar-refractivity contribution in [3.63, 3.8) is 0 Å². The van der Waals surface area contributed by atoms with Crippen LogP contribution in [0.1, 0.15) is 25.0 Å². The van der Waals surface area contributed by atoms with Crippen molar-refractivity contribution < 1.29 is 4.74 Å². The fraction of sp³-hybridized carbons (Fsp3) is 0.0833. The van der Waals surface area contributed by atoms with Crippen LogP contribution >= 0.6 is 0 Å². The monoisotopic (exact) mass is 530 g/mol. The van der Waals surface area contributed by atoms with E-state index < -0.39 is 0 Å². The molecule has 0 N–H and O–H groups in total. The molecule has 0 spiro atoms. The maximum atomic E-state index is 6.55. The number of hydrogen-bond acceptors (Lipinski definition) is 5. The van der Waals surface area contributed by atoms with Crippen molar-refractivity contribution in [3.8, 4) is 45.4 Å². The standard InChI is InChI=1S/C36H26N4O/c1-36(2)27-18-10-9-17-25(27)26-21-32-30(22-28(26)36)40(29-19-11-12-20-31(29)41-32)35-38-33(23-13-5-3-6-14-23)37-34(39-35)24-15-7-4-8-16-24/h3-22H,1-2H3. The first kappa shape index (κ1) is 23.6. The van der Waals surface area contributed by atoms with Crippen molar-refractivity contribution >= 4 is 17.3 Å². The highest BCUT2D eigenvalue weighted by Crippen LogP contribution is 2.56. The molecule has 196 valence electrons. The van der Waals surface area contributed by atoms with Gasteiger partial charge in [0, 0.05) is 16.5 Å². The smallest absolute Gasteiger partial charge is 0.239 e. The molecule has 0 radical (unpaired) electrons. The fourth-order valence-electron chi connectivity index (χ4n) is 6.06. The lowest BCUT2D eigenvalue weighted by atomic mass is 9.82. The highest BCUT2D eigenvalue weighted by atomic mass is 16.5. The summed E-state index contributed by atoms with van der Waals surface area (Å²) in [5.74, 6) is 3.32. The Kier molecular flexibility index (Phi) is 5.10. The highest BCUT2D eigenvalue weighted by Gasteiger charge is 2.39. The Bertz CT molecular complexity index is 1890. The predicted molar refractivity (Wildman–Crippen MR) is 163 cm³/mol. The number of aromatic nitrogens is 3. The van der Waals surface area contributed by atoms with Crippen LogP contribution in [0, 0.1) is 0 Å². The summed E-state index contributed by atoms with van der Waals surface area (Å²) in [5, 5.41) is 0. The zero-order valence-electron chi connectivity index (χ0n) is 22.7. The minimum Gasteiger partial charge on any atom is -0.453 e. The van der Waals surface area contributed by atoms with Gasteiger partial charge in [0.15, 0.2) is 23.1 Å². The molecule has 0 fully saturated rings. The van der Waals surface area contributed by atoms with Gasteiger partial charge in [-0.3, -0.25) is 4.90 Å². The lowest BCUT2D eigenvalue weighted by molar-refractivity contribution is 0.476. The van der Waals surface area contributed by atoms with Gasteiger partial charge in [-0.1, -0.05) is 111 Å². The van der Waals surface area contributed by atoms with E-state index in [0.717, 1.165) is 34.0 Å². The number of nitrogens with zero attached hydrogens (tertiary/aromatic N) is 4. The molecule has 1 aromatic heterocycles. The quantitative estimate of drug-likeness (QED) is 0.228. The molecule has 1 aliphatic carbocycles. The molecule has 0 saturated heterocycles. The number of benzene rings is 5. The van der Waals surface area contributed by atoms with Gasteiger partial charge in [-0.15, -0.1) is 0 Å². The third kappa shape index (κ3) is 3.66. The number of fused-ring (bicyclic) bond motifs is 5. The normalized spacial score (nSPS) is 14.0. The van der Waals surface area contributed by atoms with Crippen molar-refractivity contribution in [2.45, 2.75) is 19.3 Å². The number of rotatable bonds is 3. The van der Waals surface area contributed by atoms with Crippen LogP contribution in [-0.2, 0) is 5.41 Å². The molecule has 0 unspecified atom stereocenters.